The summed E-state index contributed by atoms with van der Waals surface area (Å²) in [4.78, 5) is 17.7. The molecule has 0 aliphatic carbocycles. The SMILES string of the molecule is CCNC(=NCc1cccc(OCC(=O)N(C)C)c1)NCCCOC. The molecule has 0 aliphatic rings. The van der Waals surface area contributed by atoms with Crippen molar-refractivity contribution in [3.05, 3.63) is 29.8 Å². The average Bonchev–Trinajstić information content (AvgIpc) is 2.61. The Morgan fingerprint density at radius 2 is 2.08 bits per heavy atom. The minimum absolute atomic E-state index is 0.0312. The lowest BCUT2D eigenvalue weighted by Gasteiger charge is -2.12. The molecule has 7 nitrogen and oxygen atoms in total. The smallest absolute Gasteiger partial charge is 0.259 e. The van der Waals surface area contributed by atoms with E-state index in [-0.39, 0.29) is 12.5 Å². The zero-order valence-electron chi connectivity index (χ0n) is 15.7. The van der Waals surface area contributed by atoms with E-state index in [1.807, 2.05) is 31.2 Å². The fraction of sp³-hybridized carbons (Fsp3) is 0.556. The number of nitrogens with zero attached hydrogens (tertiary/aromatic N) is 2. The van der Waals surface area contributed by atoms with Gasteiger partial charge in [0, 0.05) is 40.9 Å². The number of hydrogen-bond donors (Lipinski definition) is 2. The molecular weight excluding hydrogens is 320 g/mol. The number of benzene rings is 1. The van der Waals surface area contributed by atoms with Crippen molar-refractivity contribution in [2.45, 2.75) is 19.9 Å². The molecule has 0 heterocycles. The van der Waals surface area contributed by atoms with Gasteiger partial charge in [-0.05, 0) is 31.0 Å². The van der Waals surface area contributed by atoms with E-state index >= 15 is 0 Å². The number of nitrogens with one attached hydrogen (secondary N) is 2. The van der Waals surface area contributed by atoms with Crippen LogP contribution in [0.3, 0.4) is 0 Å². The number of methoxy groups -OCH3 is 1. The molecule has 0 aliphatic heterocycles. The van der Waals surface area contributed by atoms with Crippen LogP contribution in [0, 0.1) is 0 Å². The summed E-state index contributed by atoms with van der Waals surface area (Å²) in [6.45, 7) is 4.91. The summed E-state index contributed by atoms with van der Waals surface area (Å²) in [5, 5.41) is 6.48. The van der Waals surface area contributed by atoms with E-state index in [2.05, 4.69) is 15.6 Å². The third kappa shape index (κ3) is 8.95. The fourth-order valence-electron chi connectivity index (χ4n) is 1.94. The lowest BCUT2D eigenvalue weighted by atomic mass is 10.2. The lowest BCUT2D eigenvalue weighted by molar-refractivity contribution is -0.130. The molecule has 0 fully saturated rings. The van der Waals surface area contributed by atoms with Crippen LogP contribution in [0.15, 0.2) is 29.3 Å². The Bertz CT molecular complexity index is 547. The van der Waals surface area contributed by atoms with Gasteiger partial charge in [0.05, 0.1) is 6.54 Å². The molecule has 1 rings (SSSR count). The second-order valence-corrected chi connectivity index (χ2v) is 5.69. The van der Waals surface area contributed by atoms with Crippen molar-refractivity contribution in [2.24, 2.45) is 4.99 Å². The Kier molecular flexibility index (Phi) is 10.1. The van der Waals surface area contributed by atoms with Gasteiger partial charge in [-0.1, -0.05) is 12.1 Å². The van der Waals surface area contributed by atoms with E-state index in [1.54, 1.807) is 21.2 Å². The highest BCUT2D eigenvalue weighted by atomic mass is 16.5. The molecule has 1 amide bonds. The first-order valence-corrected chi connectivity index (χ1v) is 8.49. The number of guanidine groups is 1. The van der Waals surface area contributed by atoms with Crippen LogP contribution in [0.2, 0.25) is 0 Å². The zero-order chi connectivity index (χ0) is 18.5. The topological polar surface area (TPSA) is 75.2 Å². The van der Waals surface area contributed by atoms with Crippen molar-refractivity contribution >= 4 is 11.9 Å². The highest BCUT2D eigenvalue weighted by Crippen LogP contribution is 2.14. The summed E-state index contributed by atoms with van der Waals surface area (Å²) < 4.78 is 10.6. The number of likely N-dealkylation sites (N-methyl/N-ethyl adjacent to an activating group) is 1. The van der Waals surface area contributed by atoms with Gasteiger partial charge in [-0.15, -0.1) is 0 Å². The minimum atomic E-state index is -0.0712. The maximum absolute atomic E-state index is 11.6. The maximum Gasteiger partial charge on any atom is 0.259 e. The molecule has 1 aromatic rings. The van der Waals surface area contributed by atoms with E-state index < -0.39 is 0 Å². The highest BCUT2D eigenvalue weighted by Gasteiger charge is 2.05. The van der Waals surface area contributed by atoms with Crippen molar-refractivity contribution in [2.75, 3.05) is 47.5 Å². The standard InChI is InChI=1S/C18H30N4O3/c1-5-19-18(20-10-7-11-24-4)21-13-15-8-6-9-16(12-15)25-14-17(23)22(2)3/h6,8-9,12H,5,7,10-11,13-14H2,1-4H3,(H2,19,20,21). The van der Waals surface area contributed by atoms with Crippen LogP contribution in [0.1, 0.15) is 18.9 Å². The zero-order valence-corrected chi connectivity index (χ0v) is 15.7. The van der Waals surface area contributed by atoms with Gasteiger partial charge in [-0.2, -0.15) is 0 Å². The largest absolute Gasteiger partial charge is 0.484 e. The third-order valence-corrected chi connectivity index (χ3v) is 3.34. The van der Waals surface area contributed by atoms with Crippen LogP contribution in [0.5, 0.6) is 5.75 Å². The summed E-state index contributed by atoms with van der Waals surface area (Å²) in [6, 6.07) is 7.63. The summed E-state index contributed by atoms with van der Waals surface area (Å²) >= 11 is 0. The molecule has 0 radical (unpaired) electrons. The Balaban J connectivity index is 2.57. The van der Waals surface area contributed by atoms with Gasteiger partial charge < -0.3 is 25.0 Å². The maximum atomic E-state index is 11.6. The summed E-state index contributed by atoms with van der Waals surface area (Å²) in [7, 11) is 5.11. The summed E-state index contributed by atoms with van der Waals surface area (Å²) in [5.74, 6) is 1.37. The van der Waals surface area contributed by atoms with Gasteiger partial charge >= 0.3 is 0 Å². The van der Waals surface area contributed by atoms with Crippen LogP contribution in [-0.2, 0) is 16.1 Å². The van der Waals surface area contributed by atoms with Crippen molar-refractivity contribution in [1.82, 2.24) is 15.5 Å². The molecule has 1 aromatic carbocycles. The monoisotopic (exact) mass is 350 g/mol. The van der Waals surface area contributed by atoms with Crippen molar-refractivity contribution in [3.63, 3.8) is 0 Å². The predicted molar refractivity (Wildman–Crippen MR) is 99.9 cm³/mol. The first-order valence-electron chi connectivity index (χ1n) is 8.49. The number of amides is 1. The van der Waals surface area contributed by atoms with Crippen LogP contribution in [-0.4, -0.2) is 64.3 Å². The van der Waals surface area contributed by atoms with Gasteiger partial charge in [-0.25, -0.2) is 4.99 Å². The van der Waals surface area contributed by atoms with Crippen LogP contribution >= 0.6 is 0 Å². The van der Waals surface area contributed by atoms with E-state index in [0.717, 1.165) is 37.6 Å². The minimum Gasteiger partial charge on any atom is -0.484 e. The molecule has 0 bridgehead atoms. The number of hydrogen-bond acceptors (Lipinski definition) is 4. The van der Waals surface area contributed by atoms with Gasteiger partial charge in [0.1, 0.15) is 5.75 Å². The number of ether oxygens (including phenoxy) is 2. The van der Waals surface area contributed by atoms with E-state index in [9.17, 15) is 4.79 Å². The van der Waals surface area contributed by atoms with Crippen LogP contribution < -0.4 is 15.4 Å². The number of carbonyl (C=O) groups is 1. The van der Waals surface area contributed by atoms with E-state index in [4.69, 9.17) is 9.47 Å². The highest BCUT2D eigenvalue weighted by molar-refractivity contribution is 5.79. The second-order valence-electron chi connectivity index (χ2n) is 5.69. The Morgan fingerprint density at radius 1 is 1.28 bits per heavy atom. The van der Waals surface area contributed by atoms with Crippen molar-refractivity contribution < 1.29 is 14.3 Å². The van der Waals surface area contributed by atoms with Crippen LogP contribution in [0.4, 0.5) is 0 Å². The molecule has 0 aromatic heterocycles. The van der Waals surface area contributed by atoms with Crippen molar-refractivity contribution in [3.8, 4) is 5.75 Å². The molecule has 0 saturated heterocycles. The molecule has 2 N–H and O–H groups in total. The quantitative estimate of drug-likeness (QED) is 0.377. The second kappa shape index (κ2) is 12.1. The molecule has 0 spiro atoms. The first-order chi connectivity index (χ1) is 12.1. The van der Waals surface area contributed by atoms with E-state index in [1.165, 1.54) is 4.90 Å². The molecule has 0 atom stereocenters. The Hall–Kier alpha value is -2.28. The number of rotatable bonds is 10. The normalized spacial score (nSPS) is 11.1. The van der Waals surface area contributed by atoms with Gasteiger partial charge in [-0.3, -0.25) is 4.79 Å². The van der Waals surface area contributed by atoms with Crippen LogP contribution in [0.25, 0.3) is 0 Å². The lowest BCUT2D eigenvalue weighted by Crippen LogP contribution is -2.38. The Labute approximate surface area is 150 Å². The van der Waals surface area contributed by atoms with Crippen molar-refractivity contribution in [1.29, 1.82) is 0 Å². The molecular formula is C18H30N4O3. The molecule has 7 heteroatoms. The number of aliphatic imine (C=N–C) groups is 1. The molecule has 25 heavy (non-hydrogen) atoms. The first kappa shape index (κ1) is 20.8. The molecule has 140 valence electrons. The fourth-order valence-corrected chi connectivity index (χ4v) is 1.94. The van der Waals surface area contributed by atoms with Gasteiger partial charge in [0.15, 0.2) is 12.6 Å². The average molecular weight is 350 g/mol. The summed E-state index contributed by atoms with van der Waals surface area (Å²) in [6.07, 6.45) is 0.921. The predicted octanol–water partition coefficient (Wildman–Crippen LogP) is 1.25. The third-order valence-electron chi connectivity index (χ3n) is 3.34. The van der Waals surface area contributed by atoms with E-state index in [0.29, 0.717) is 12.3 Å². The number of carbonyl (C=O) groups excluding carboxylic acids is 1. The van der Waals surface area contributed by atoms with Gasteiger partial charge in [0.2, 0.25) is 0 Å². The van der Waals surface area contributed by atoms with Gasteiger partial charge in [0.25, 0.3) is 5.91 Å². The molecule has 0 unspecified atom stereocenters. The molecule has 0 saturated carbocycles. The Morgan fingerprint density at radius 3 is 2.76 bits per heavy atom. The summed E-state index contributed by atoms with van der Waals surface area (Å²) in [5.41, 5.74) is 1.02.